The summed E-state index contributed by atoms with van der Waals surface area (Å²) in [7, 11) is 0. The first-order valence-electron chi connectivity index (χ1n) is 6.35. The van der Waals surface area contributed by atoms with Gasteiger partial charge in [-0.25, -0.2) is 4.40 Å². The molecule has 1 aromatic rings. The fraction of sp³-hybridized carbons (Fsp3) is 0.571. The lowest BCUT2D eigenvalue weighted by molar-refractivity contribution is 0.665. The molecule has 1 aliphatic rings. The summed E-state index contributed by atoms with van der Waals surface area (Å²) in [6.45, 7) is 6.47. The standard InChI is InChI=1S/C14H19BrN2S/c1-14(2,3)18-16-9-10-8-12(15)11-6-4-5-7-13(11)17-10/h8-9H,4-7H2,1-3H3. The van der Waals surface area contributed by atoms with Crippen molar-refractivity contribution < 1.29 is 0 Å². The summed E-state index contributed by atoms with van der Waals surface area (Å²) < 4.78 is 5.76. The molecule has 0 spiro atoms. The first-order valence-corrected chi connectivity index (χ1v) is 7.92. The molecule has 1 aromatic heterocycles. The third kappa shape index (κ3) is 3.82. The monoisotopic (exact) mass is 326 g/mol. The maximum absolute atomic E-state index is 4.70. The predicted octanol–water partition coefficient (Wildman–Crippen LogP) is 4.59. The molecule has 1 heterocycles. The molecule has 0 saturated carbocycles. The molecule has 0 N–H and O–H groups in total. The van der Waals surface area contributed by atoms with E-state index >= 15 is 0 Å². The van der Waals surface area contributed by atoms with E-state index < -0.39 is 0 Å². The van der Waals surface area contributed by atoms with Crippen LogP contribution in [0.1, 0.15) is 50.6 Å². The molecule has 0 amide bonds. The Morgan fingerprint density at radius 3 is 2.78 bits per heavy atom. The molecule has 2 nitrogen and oxygen atoms in total. The van der Waals surface area contributed by atoms with Crippen molar-refractivity contribution in [1.29, 1.82) is 0 Å². The van der Waals surface area contributed by atoms with Crippen LogP contribution in [-0.2, 0) is 12.8 Å². The Labute approximate surface area is 122 Å². The molecule has 0 aliphatic heterocycles. The van der Waals surface area contributed by atoms with Crippen LogP contribution in [0.5, 0.6) is 0 Å². The Morgan fingerprint density at radius 2 is 2.06 bits per heavy atom. The van der Waals surface area contributed by atoms with Crippen LogP contribution in [0.15, 0.2) is 14.9 Å². The van der Waals surface area contributed by atoms with E-state index in [2.05, 4.69) is 47.2 Å². The lowest BCUT2D eigenvalue weighted by atomic mass is 9.96. The van der Waals surface area contributed by atoms with Crippen molar-refractivity contribution in [2.75, 3.05) is 0 Å². The third-order valence-electron chi connectivity index (χ3n) is 2.78. The minimum Gasteiger partial charge on any atom is -0.251 e. The summed E-state index contributed by atoms with van der Waals surface area (Å²) in [5.41, 5.74) is 3.60. The number of hydrogen-bond donors (Lipinski definition) is 0. The molecule has 0 saturated heterocycles. The summed E-state index contributed by atoms with van der Waals surface area (Å²) in [6.07, 6.45) is 6.65. The maximum Gasteiger partial charge on any atom is 0.0833 e. The van der Waals surface area contributed by atoms with Crippen LogP contribution in [0.3, 0.4) is 0 Å². The van der Waals surface area contributed by atoms with E-state index in [0.29, 0.717) is 0 Å². The number of aryl methyl sites for hydroxylation is 1. The van der Waals surface area contributed by atoms with Crippen LogP contribution in [0.25, 0.3) is 0 Å². The van der Waals surface area contributed by atoms with Crippen molar-refractivity contribution in [3.05, 3.63) is 27.5 Å². The Bertz CT molecular complexity index is 464. The first kappa shape index (κ1) is 14.1. The van der Waals surface area contributed by atoms with Gasteiger partial charge < -0.3 is 0 Å². The van der Waals surface area contributed by atoms with Gasteiger partial charge in [-0.15, -0.1) is 0 Å². The largest absolute Gasteiger partial charge is 0.251 e. The lowest BCUT2D eigenvalue weighted by Gasteiger charge is -2.16. The highest BCUT2D eigenvalue weighted by molar-refractivity contribution is 9.10. The number of rotatable bonds is 2. The van der Waals surface area contributed by atoms with Gasteiger partial charge in [0, 0.05) is 14.9 Å². The Balaban J connectivity index is 2.17. The molecule has 0 unspecified atom stereocenters. The highest BCUT2D eigenvalue weighted by Gasteiger charge is 2.14. The number of halogens is 1. The molecule has 2 rings (SSSR count). The van der Waals surface area contributed by atoms with Crippen LogP contribution in [0, 0.1) is 0 Å². The second-order valence-corrected chi connectivity index (χ2v) is 8.07. The Morgan fingerprint density at radius 1 is 1.33 bits per heavy atom. The van der Waals surface area contributed by atoms with Crippen molar-refractivity contribution in [2.45, 2.75) is 51.2 Å². The Hall–Kier alpha value is -0.350. The van der Waals surface area contributed by atoms with Crippen molar-refractivity contribution in [2.24, 2.45) is 4.40 Å². The fourth-order valence-electron chi connectivity index (χ4n) is 1.98. The predicted molar refractivity (Wildman–Crippen MR) is 83.5 cm³/mol. The van der Waals surface area contributed by atoms with E-state index in [1.54, 1.807) is 11.9 Å². The topological polar surface area (TPSA) is 25.2 Å². The SMILES string of the molecule is CC(C)(C)SN=Cc1cc(Br)c2c(n1)CCCC2. The average Bonchev–Trinajstić information content (AvgIpc) is 2.27. The van der Waals surface area contributed by atoms with Crippen molar-refractivity contribution in [3.63, 3.8) is 0 Å². The molecule has 4 heteroatoms. The van der Waals surface area contributed by atoms with Crippen LogP contribution in [0.4, 0.5) is 0 Å². The summed E-state index contributed by atoms with van der Waals surface area (Å²) in [6, 6.07) is 2.08. The van der Waals surface area contributed by atoms with Gasteiger partial charge in [-0.2, -0.15) is 0 Å². The summed E-state index contributed by atoms with van der Waals surface area (Å²) in [5, 5.41) is 0. The zero-order chi connectivity index (χ0) is 13.2. The Kier molecular flexibility index (Phi) is 4.49. The number of hydrogen-bond acceptors (Lipinski definition) is 3. The van der Waals surface area contributed by atoms with Crippen molar-refractivity contribution >= 4 is 34.1 Å². The molecule has 0 atom stereocenters. The van der Waals surface area contributed by atoms with Crippen LogP contribution in [0.2, 0.25) is 0 Å². The van der Waals surface area contributed by atoms with E-state index in [1.165, 1.54) is 28.6 Å². The van der Waals surface area contributed by atoms with Gasteiger partial charge >= 0.3 is 0 Å². The zero-order valence-electron chi connectivity index (χ0n) is 11.2. The van der Waals surface area contributed by atoms with Gasteiger partial charge in [0.25, 0.3) is 0 Å². The molecule has 0 bridgehead atoms. The van der Waals surface area contributed by atoms with Gasteiger partial charge in [0.1, 0.15) is 0 Å². The number of aromatic nitrogens is 1. The number of fused-ring (bicyclic) bond motifs is 1. The molecule has 18 heavy (non-hydrogen) atoms. The molecule has 1 aliphatic carbocycles. The normalized spacial score (nSPS) is 16.0. The van der Waals surface area contributed by atoms with E-state index in [9.17, 15) is 0 Å². The van der Waals surface area contributed by atoms with Crippen molar-refractivity contribution in [1.82, 2.24) is 4.98 Å². The maximum atomic E-state index is 4.70. The molecule has 98 valence electrons. The minimum atomic E-state index is 0.155. The van der Waals surface area contributed by atoms with Gasteiger partial charge in [-0.1, -0.05) is 15.9 Å². The molecular formula is C14H19BrN2S. The lowest BCUT2D eigenvalue weighted by Crippen LogP contribution is -2.08. The van der Waals surface area contributed by atoms with Gasteiger partial charge in [0.05, 0.1) is 11.9 Å². The highest BCUT2D eigenvalue weighted by Crippen LogP contribution is 2.28. The average molecular weight is 327 g/mol. The smallest absolute Gasteiger partial charge is 0.0833 e. The summed E-state index contributed by atoms with van der Waals surface area (Å²) in [5.74, 6) is 0. The molecule has 0 aromatic carbocycles. The third-order valence-corrected chi connectivity index (χ3v) is 4.24. The van der Waals surface area contributed by atoms with Crippen LogP contribution >= 0.6 is 27.9 Å². The highest BCUT2D eigenvalue weighted by atomic mass is 79.9. The van der Waals surface area contributed by atoms with Crippen LogP contribution in [-0.4, -0.2) is 15.9 Å². The molecule has 0 radical (unpaired) electrons. The van der Waals surface area contributed by atoms with Gasteiger partial charge in [-0.05, 0) is 70.0 Å². The van der Waals surface area contributed by atoms with Crippen LogP contribution < -0.4 is 0 Å². The molecule has 0 fully saturated rings. The van der Waals surface area contributed by atoms with Crippen molar-refractivity contribution in [3.8, 4) is 0 Å². The van der Waals surface area contributed by atoms with E-state index in [0.717, 1.165) is 18.5 Å². The van der Waals surface area contributed by atoms with Gasteiger partial charge in [0.15, 0.2) is 0 Å². The quantitative estimate of drug-likeness (QED) is 0.586. The second kappa shape index (κ2) is 5.74. The van der Waals surface area contributed by atoms with E-state index in [1.807, 2.05) is 6.21 Å². The summed E-state index contributed by atoms with van der Waals surface area (Å²) in [4.78, 5) is 4.70. The van der Waals surface area contributed by atoms with E-state index in [-0.39, 0.29) is 4.75 Å². The van der Waals surface area contributed by atoms with E-state index in [4.69, 9.17) is 4.98 Å². The number of nitrogens with zero attached hydrogens (tertiary/aromatic N) is 2. The summed E-state index contributed by atoms with van der Waals surface area (Å²) >= 11 is 5.24. The van der Waals surface area contributed by atoms with Gasteiger partial charge in [0.2, 0.25) is 0 Å². The second-order valence-electron chi connectivity index (χ2n) is 5.60. The van der Waals surface area contributed by atoms with Gasteiger partial charge in [-0.3, -0.25) is 4.98 Å². The zero-order valence-corrected chi connectivity index (χ0v) is 13.6. The molecular weight excluding hydrogens is 308 g/mol. The number of pyridine rings is 1. The fourth-order valence-corrected chi connectivity index (χ4v) is 3.12. The first-order chi connectivity index (χ1) is 8.46. The minimum absolute atomic E-state index is 0.155.